The van der Waals surface area contributed by atoms with Crippen molar-refractivity contribution >= 4 is 5.78 Å². The van der Waals surface area contributed by atoms with E-state index in [-0.39, 0.29) is 11.8 Å². The number of rotatable bonds is 6. The molecular weight excluding hydrogens is 268 g/mol. The van der Waals surface area contributed by atoms with Crippen LogP contribution in [-0.2, 0) is 16.0 Å². The number of morpholine rings is 1. The van der Waals surface area contributed by atoms with Gasteiger partial charge in [-0.2, -0.15) is 5.10 Å². The first-order valence-corrected chi connectivity index (χ1v) is 7.73. The summed E-state index contributed by atoms with van der Waals surface area (Å²) in [5.41, 5.74) is -0.447. The second kappa shape index (κ2) is 6.66. The van der Waals surface area contributed by atoms with E-state index < -0.39 is 5.54 Å². The molecule has 1 saturated heterocycles. The molecule has 118 valence electrons. The van der Waals surface area contributed by atoms with Crippen molar-refractivity contribution in [1.29, 1.82) is 0 Å². The number of hydrogen-bond donors (Lipinski definition) is 0. The van der Waals surface area contributed by atoms with Gasteiger partial charge in [-0.15, -0.1) is 0 Å². The van der Waals surface area contributed by atoms with E-state index in [9.17, 15) is 4.79 Å². The Kier molecular flexibility index (Phi) is 5.11. The summed E-state index contributed by atoms with van der Waals surface area (Å²) in [6.45, 7) is 11.2. The molecular formula is C15H26N4O2. The van der Waals surface area contributed by atoms with Gasteiger partial charge in [-0.05, 0) is 27.2 Å². The third-order valence-corrected chi connectivity index (χ3v) is 4.45. The van der Waals surface area contributed by atoms with Crippen molar-refractivity contribution < 1.29 is 9.53 Å². The molecule has 0 amide bonds. The van der Waals surface area contributed by atoms with Crippen LogP contribution < -0.4 is 0 Å². The van der Waals surface area contributed by atoms with Crippen LogP contribution in [0.4, 0.5) is 0 Å². The number of nitrogens with zero attached hydrogens (tertiary/aromatic N) is 4. The van der Waals surface area contributed by atoms with Crippen molar-refractivity contribution in [2.24, 2.45) is 0 Å². The number of Topliss-reactive ketones (excluding diaryl/α,β-unsaturated/α-hetero) is 1. The molecule has 0 saturated carbocycles. The Morgan fingerprint density at radius 3 is 2.67 bits per heavy atom. The van der Waals surface area contributed by atoms with Gasteiger partial charge in [-0.25, -0.2) is 9.67 Å². The van der Waals surface area contributed by atoms with Gasteiger partial charge >= 0.3 is 0 Å². The van der Waals surface area contributed by atoms with Crippen LogP contribution in [0.15, 0.2) is 6.33 Å². The summed E-state index contributed by atoms with van der Waals surface area (Å²) in [6, 6.07) is 0.214. The first kappa shape index (κ1) is 16.1. The predicted octanol–water partition coefficient (Wildman–Crippen LogP) is 1.47. The smallest absolute Gasteiger partial charge is 0.160 e. The van der Waals surface area contributed by atoms with Gasteiger partial charge in [0.2, 0.25) is 0 Å². The summed E-state index contributed by atoms with van der Waals surface area (Å²) in [6.07, 6.45) is 2.65. The molecule has 0 aliphatic carbocycles. The first-order chi connectivity index (χ1) is 9.99. The zero-order valence-corrected chi connectivity index (χ0v) is 13.5. The molecule has 1 aromatic heterocycles. The van der Waals surface area contributed by atoms with Crippen LogP contribution in [0.5, 0.6) is 0 Å². The fourth-order valence-electron chi connectivity index (χ4n) is 2.82. The van der Waals surface area contributed by atoms with E-state index in [0.29, 0.717) is 19.6 Å². The van der Waals surface area contributed by atoms with Gasteiger partial charge in [0.05, 0.1) is 25.2 Å². The van der Waals surface area contributed by atoms with E-state index in [1.807, 2.05) is 25.5 Å². The average Bonchev–Trinajstić information content (AvgIpc) is 2.95. The van der Waals surface area contributed by atoms with Crippen molar-refractivity contribution in [3.63, 3.8) is 0 Å². The Morgan fingerprint density at radius 1 is 1.43 bits per heavy atom. The van der Waals surface area contributed by atoms with Crippen LogP contribution in [0.3, 0.4) is 0 Å². The number of ketones is 1. The third kappa shape index (κ3) is 3.32. The summed E-state index contributed by atoms with van der Waals surface area (Å²) >= 11 is 0. The summed E-state index contributed by atoms with van der Waals surface area (Å²) in [4.78, 5) is 19.4. The number of aromatic nitrogens is 3. The lowest BCUT2D eigenvalue weighted by molar-refractivity contribution is -0.133. The highest BCUT2D eigenvalue weighted by Crippen LogP contribution is 2.24. The monoisotopic (exact) mass is 294 g/mol. The fraction of sp³-hybridized carbons (Fsp3) is 0.800. The maximum Gasteiger partial charge on any atom is 0.160 e. The van der Waals surface area contributed by atoms with E-state index in [1.165, 1.54) is 6.33 Å². The van der Waals surface area contributed by atoms with Crippen molar-refractivity contribution in [2.75, 3.05) is 26.3 Å². The second-order valence-electron chi connectivity index (χ2n) is 6.04. The largest absolute Gasteiger partial charge is 0.379 e. The highest BCUT2D eigenvalue weighted by molar-refractivity contribution is 5.89. The third-order valence-electron chi connectivity index (χ3n) is 4.45. The van der Waals surface area contributed by atoms with Gasteiger partial charge in [-0.3, -0.25) is 9.69 Å². The number of ether oxygens (including phenoxy) is 1. The lowest BCUT2D eigenvalue weighted by Gasteiger charge is -2.41. The summed E-state index contributed by atoms with van der Waals surface area (Å²) in [7, 11) is 0. The number of hydrogen-bond acceptors (Lipinski definition) is 5. The Bertz CT molecular complexity index is 480. The topological polar surface area (TPSA) is 60.2 Å². The Morgan fingerprint density at radius 2 is 2.10 bits per heavy atom. The second-order valence-corrected chi connectivity index (χ2v) is 6.04. The van der Waals surface area contributed by atoms with Gasteiger partial charge in [0.25, 0.3) is 0 Å². The van der Waals surface area contributed by atoms with Crippen LogP contribution in [-0.4, -0.2) is 57.3 Å². The Labute approximate surface area is 126 Å². The molecule has 1 aliphatic rings. The average molecular weight is 294 g/mol. The van der Waals surface area contributed by atoms with Gasteiger partial charge < -0.3 is 4.74 Å². The number of carbonyl (C=O) groups excluding carboxylic acids is 1. The van der Waals surface area contributed by atoms with Crippen molar-refractivity contribution in [3.8, 4) is 0 Å². The standard InChI is InChI=1S/C15H26N4O2/c1-5-15(4,18-6-8-21-9-7-18)13(20)10-14-16-11-17-19(14)12(2)3/h11-12H,5-10H2,1-4H3. The molecule has 1 aliphatic heterocycles. The minimum atomic E-state index is -0.447. The van der Waals surface area contributed by atoms with Gasteiger partial charge in [-0.1, -0.05) is 6.92 Å². The lowest BCUT2D eigenvalue weighted by atomic mass is 9.88. The Balaban J connectivity index is 2.14. The van der Waals surface area contributed by atoms with Gasteiger partial charge in [0.15, 0.2) is 5.78 Å². The minimum absolute atomic E-state index is 0.210. The molecule has 0 radical (unpaired) electrons. The van der Waals surface area contributed by atoms with Crippen LogP contribution in [0.1, 0.15) is 46.0 Å². The predicted molar refractivity (Wildman–Crippen MR) is 80.2 cm³/mol. The lowest BCUT2D eigenvalue weighted by Crippen LogP contribution is -2.56. The first-order valence-electron chi connectivity index (χ1n) is 7.73. The molecule has 0 N–H and O–H groups in total. The molecule has 21 heavy (non-hydrogen) atoms. The van der Waals surface area contributed by atoms with E-state index in [2.05, 4.69) is 21.9 Å². The van der Waals surface area contributed by atoms with Crippen LogP contribution in [0.2, 0.25) is 0 Å². The molecule has 6 nitrogen and oxygen atoms in total. The molecule has 0 spiro atoms. The van der Waals surface area contributed by atoms with E-state index in [4.69, 9.17) is 4.74 Å². The molecule has 1 fully saturated rings. The number of carbonyl (C=O) groups is 1. The molecule has 0 bridgehead atoms. The molecule has 2 rings (SSSR count). The van der Waals surface area contributed by atoms with Crippen molar-refractivity contribution in [3.05, 3.63) is 12.2 Å². The highest BCUT2D eigenvalue weighted by atomic mass is 16.5. The molecule has 1 unspecified atom stereocenters. The maximum absolute atomic E-state index is 12.9. The zero-order valence-electron chi connectivity index (χ0n) is 13.5. The zero-order chi connectivity index (χ0) is 15.5. The molecule has 0 aromatic carbocycles. The minimum Gasteiger partial charge on any atom is -0.379 e. The van der Waals surface area contributed by atoms with E-state index >= 15 is 0 Å². The van der Waals surface area contributed by atoms with Crippen LogP contribution >= 0.6 is 0 Å². The summed E-state index contributed by atoms with van der Waals surface area (Å²) < 4.78 is 7.22. The molecule has 2 heterocycles. The fourth-order valence-corrected chi connectivity index (χ4v) is 2.82. The summed E-state index contributed by atoms with van der Waals surface area (Å²) in [5, 5.41) is 4.21. The van der Waals surface area contributed by atoms with Crippen molar-refractivity contribution in [2.45, 2.75) is 52.1 Å². The van der Waals surface area contributed by atoms with Gasteiger partial charge in [0.1, 0.15) is 12.2 Å². The van der Waals surface area contributed by atoms with Crippen molar-refractivity contribution in [1.82, 2.24) is 19.7 Å². The SMILES string of the molecule is CCC(C)(C(=O)Cc1ncnn1C(C)C)N1CCOCC1. The Hall–Kier alpha value is -1.27. The van der Waals surface area contributed by atoms with Gasteiger partial charge in [0, 0.05) is 19.1 Å². The molecule has 6 heteroatoms. The highest BCUT2D eigenvalue weighted by Gasteiger charge is 2.38. The molecule has 1 atom stereocenters. The van der Waals surface area contributed by atoms with Crippen LogP contribution in [0, 0.1) is 0 Å². The maximum atomic E-state index is 12.9. The van der Waals surface area contributed by atoms with Crippen LogP contribution in [0.25, 0.3) is 0 Å². The van der Waals surface area contributed by atoms with E-state index in [0.717, 1.165) is 25.3 Å². The quantitative estimate of drug-likeness (QED) is 0.795. The summed E-state index contributed by atoms with van der Waals surface area (Å²) in [5.74, 6) is 0.963. The van der Waals surface area contributed by atoms with E-state index in [1.54, 1.807) is 0 Å². The normalized spacial score (nSPS) is 19.7. The molecule has 1 aromatic rings.